The Morgan fingerprint density at radius 1 is 0.476 bits per heavy atom. The fourth-order valence-corrected chi connectivity index (χ4v) is 4.13. The Labute approximate surface area is 233 Å². The number of aromatic hydroxyl groups is 8. The summed E-state index contributed by atoms with van der Waals surface area (Å²) in [5, 5.41) is 76.6. The molecule has 0 aliphatic carbocycles. The van der Waals surface area contributed by atoms with Gasteiger partial charge in [-0.3, -0.25) is 9.59 Å². The summed E-state index contributed by atoms with van der Waals surface area (Å²) in [6, 6.07) is 16.1. The highest BCUT2D eigenvalue weighted by molar-refractivity contribution is 5.88. The van der Waals surface area contributed by atoms with Crippen LogP contribution < -0.4 is 10.9 Å². The predicted molar refractivity (Wildman–Crippen MR) is 149 cm³/mol. The first-order valence-electron chi connectivity index (χ1n) is 12.0. The first-order chi connectivity index (χ1) is 20.0. The number of hydrogen-bond donors (Lipinski definition) is 8. The van der Waals surface area contributed by atoms with Crippen LogP contribution in [-0.2, 0) is 0 Å². The molecule has 0 saturated heterocycles. The average molecular weight is 572 g/mol. The number of benzene rings is 4. The van der Waals surface area contributed by atoms with Gasteiger partial charge in [0.15, 0.2) is 34.5 Å². The summed E-state index contributed by atoms with van der Waals surface area (Å²) in [6.07, 6.45) is 0. The lowest BCUT2D eigenvalue weighted by molar-refractivity contribution is 0.403. The Morgan fingerprint density at radius 2 is 1.00 bits per heavy atom. The van der Waals surface area contributed by atoms with E-state index >= 15 is 0 Å². The highest BCUT2D eigenvalue weighted by Gasteiger charge is 2.20. The van der Waals surface area contributed by atoms with Gasteiger partial charge < -0.3 is 49.7 Å². The van der Waals surface area contributed by atoms with Crippen LogP contribution in [0.2, 0.25) is 0 Å². The summed E-state index contributed by atoms with van der Waals surface area (Å²) in [6.45, 7) is 0. The zero-order valence-electron chi connectivity index (χ0n) is 21.1. The standard InChI is InChI=1S/C15H10O7.C15H10O5/c16-7-4-10(19)12-11(5-7)22-15(14(21)13(12)20)6-1-2-8(17)9(18)3-6;16-10-6-5-8(7-11(10)17)15-14(19)13(18)9-3-1-2-4-12(9)20-15/h1-5,16-19,21H;1-7,16-17,19H. The van der Waals surface area contributed by atoms with Crippen molar-refractivity contribution in [3.63, 3.8) is 0 Å². The van der Waals surface area contributed by atoms with Crippen molar-refractivity contribution in [3.05, 3.63) is 93.2 Å². The molecule has 2 aromatic heterocycles. The number of hydrogen-bond acceptors (Lipinski definition) is 12. The molecule has 0 spiro atoms. The van der Waals surface area contributed by atoms with E-state index in [1.54, 1.807) is 24.3 Å². The van der Waals surface area contributed by atoms with Crippen molar-refractivity contribution in [2.75, 3.05) is 0 Å². The number of para-hydroxylation sites is 1. The average Bonchev–Trinajstić information content (AvgIpc) is 2.95. The SMILES string of the molecule is O=c1c(O)c(-c2ccc(O)c(O)c2)oc2cc(O)cc(O)c12.O=c1c(O)c(-c2ccc(O)c(O)c2)oc2ccccc12. The Morgan fingerprint density at radius 3 is 1.57 bits per heavy atom. The molecule has 0 bridgehead atoms. The van der Waals surface area contributed by atoms with Crippen molar-refractivity contribution in [3.8, 4) is 68.6 Å². The molecule has 6 aromatic rings. The Balaban J connectivity index is 0.000000169. The molecule has 8 N–H and O–H groups in total. The van der Waals surface area contributed by atoms with Gasteiger partial charge in [-0.25, -0.2) is 0 Å². The topological polar surface area (TPSA) is 222 Å². The van der Waals surface area contributed by atoms with Crippen LogP contribution in [-0.4, -0.2) is 40.9 Å². The van der Waals surface area contributed by atoms with Crippen LogP contribution >= 0.6 is 0 Å². The smallest absolute Gasteiger partial charge is 0.238 e. The molecule has 0 amide bonds. The molecule has 0 atom stereocenters. The quantitative estimate of drug-likeness (QED) is 0.134. The van der Waals surface area contributed by atoms with Gasteiger partial charge in [-0.05, 0) is 48.5 Å². The Kier molecular flexibility index (Phi) is 6.72. The maximum Gasteiger partial charge on any atom is 0.238 e. The third kappa shape index (κ3) is 4.79. The van der Waals surface area contributed by atoms with Crippen LogP contribution in [0.25, 0.3) is 44.6 Å². The van der Waals surface area contributed by atoms with Gasteiger partial charge in [-0.2, -0.15) is 0 Å². The first-order valence-corrected chi connectivity index (χ1v) is 12.0. The first kappa shape index (κ1) is 27.3. The minimum atomic E-state index is -0.888. The molecule has 212 valence electrons. The highest BCUT2D eigenvalue weighted by Crippen LogP contribution is 2.38. The molecule has 4 aromatic carbocycles. The van der Waals surface area contributed by atoms with E-state index in [0.29, 0.717) is 11.1 Å². The zero-order valence-corrected chi connectivity index (χ0v) is 21.1. The van der Waals surface area contributed by atoms with Crippen LogP contribution in [0, 0.1) is 0 Å². The van der Waals surface area contributed by atoms with Crippen molar-refractivity contribution >= 4 is 21.9 Å². The minimum Gasteiger partial charge on any atom is -0.508 e. The summed E-state index contributed by atoms with van der Waals surface area (Å²) in [5.74, 6) is -3.96. The van der Waals surface area contributed by atoms with Gasteiger partial charge >= 0.3 is 0 Å². The third-order valence-electron chi connectivity index (χ3n) is 6.18. The zero-order chi connectivity index (χ0) is 30.3. The normalized spacial score (nSPS) is 10.9. The molecular formula is C30H20O12. The van der Waals surface area contributed by atoms with E-state index in [0.717, 1.165) is 24.3 Å². The van der Waals surface area contributed by atoms with Crippen LogP contribution in [0.1, 0.15) is 0 Å². The maximum absolute atomic E-state index is 12.1. The molecule has 2 heterocycles. The molecular weight excluding hydrogens is 552 g/mol. The fraction of sp³-hybridized carbons (Fsp3) is 0. The second kappa shape index (κ2) is 10.4. The Bertz CT molecular complexity index is 2130. The molecule has 0 fully saturated rings. The highest BCUT2D eigenvalue weighted by atomic mass is 16.4. The van der Waals surface area contributed by atoms with Crippen LogP contribution in [0.5, 0.6) is 46.0 Å². The van der Waals surface area contributed by atoms with Gasteiger partial charge in [-0.1, -0.05) is 12.1 Å². The van der Waals surface area contributed by atoms with Gasteiger partial charge in [0.05, 0.1) is 5.39 Å². The van der Waals surface area contributed by atoms with E-state index in [-0.39, 0.29) is 56.4 Å². The summed E-state index contributed by atoms with van der Waals surface area (Å²) in [4.78, 5) is 24.2. The van der Waals surface area contributed by atoms with Crippen LogP contribution in [0.4, 0.5) is 0 Å². The molecule has 12 heteroatoms. The number of phenols is 6. The number of fused-ring (bicyclic) bond motifs is 2. The number of rotatable bonds is 2. The lowest BCUT2D eigenvalue weighted by Gasteiger charge is -2.08. The summed E-state index contributed by atoms with van der Waals surface area (Å²) in [5.41, 5.74) is -0.813. The molecule has 0 unspecified atom stereocenters. The third-order valence-corrected chi connectivity index (χ3v) is 6.18. The van der Waals surface area contributed by atoms with E-state index in [1.807, 2.05) is 0 Å². The van der Waals surface area contributed by atoms with E-state index in [2.05, 4.69) is 0 Å². The Hall–Kier alpha value is -6.30. The predicted octanol–water partition coefficient (Wildman–Crippen LogP) is 4.56. The van der Waals surface area contributed by atoms with E-state index in [4.69, 9.17) is 8.83 Å². The fourth-order valence-electron chi connectivity index (χ4n) is 4.13. The van der Waals surface area contributed by atoms with Gasteiger partial charge in [0.25, 0.3) is 0 Å². The van der Waals surface area contributed by atoms with Crippen molar-refractivity contribution in [1.29, 1.82) is 0 Å². The summed E-state index contributed by atoms with van der Waals surface area (Å²) < 4.78 is 10.9. The van der Waals surface area contributed by atoms with E-state index in [1.165, 1.54) is 24.3 Å². The number of phenolic OH excluding ortho intramolecular Hbond substituents is 6. The van der Waals surface area contributed by atoms with Crippen LogP contribution in [0.15, 0.2) is 91.2 Å². The molecule has 0 radical (unpaired) electrons. The van der Waals surface area contributed by atoms with E-state index in [9.17, 15) is 50.4 Å². The van der Waals surface area contributed by atoms with Gasteiger partial charge in [0, 0.05) is 23.3 Å². The molecule has 6 rings (SSSR count). The largest absolute Gasteiger partial charge is 0.508 e. The van der Waals surface area contributed by atoms with Crippen molar-refractivity contribution in [2.45, 2.75) is 0 Å². The molecule has 12 nitrogen and oxygen atoms in total. The van der Waals surface area contributed by atoms with Crippen LogP contribution in [0.3, 0.4) is 0 Å². The molecule has 0 aliphatic heterocycles. The van der Waals surface area contributed by atoms with Crippen molar-refractivity contribution in [2.24, 2.45) is 0 Å². The maximum atomic E-state index is 12.1. The van der Waals surface area contributed by atoms with Gasteiger partial charge in [-0.15, -0.1) is 0 Å². The second-order valence-corrected chi connectivity index (χ2v) is 8.96. The molecule has 0 aliphatic rings. The van der Waals surface area contributed by atoms with Gasteiger partial charge in [0.2, 0.25) is 22.4 Å². The second-order valence-electron chi connectivity index (χ2n) is 8.96. The molecule has 42 heavy (non-hydrogen) atoms. The summed E-state index contributed by atoms with van der Waals surface area (Å²) >= 11 is 0. The van der Waals surface area contributed by atoms with Crippen molar-refractivity contribution in [1.82, 2.24) is 0 Å². The molecule has 0 saturated carbocycles. The van der Waals surface area contributed by atoms with E-state index < -0.39 is 33.9 Å². The van der Waals surface area contributed by atoms with Gasteiger partial charge in [0.1, 0.15) is 28.1 Å². The summed E-state index contributed by atoms with van der Waals surface area (Å²) in [7, 11) is 0. The minimum absolute atomic E-state index is 0.0519. The van der Waals surface area contributed by atoms with Crippen molar-refractivity contribution < 1.29 is 49.7 Å². The lowest BCUT2D eigenvalue weighted by Crippen LogP contribution is -2.02. The monoisotopic (exact) mass is 572 g/mol. The lowest BCUT2D eigenvalue weighted by atomic mass is 10.1.